The number of thiazole rings is 1. The standard InChI is InChI=1S/C14H17ClN2OS2/c1-10-9-19-14(17-10)20-13-11(4-3-5-12(13)15)8-16-6-7-18-2/h3-5,9,16H,6-8H2,1-2H3. The van der Waals surface area contributed by atoms with Gasteiger partial charge in [-0.15, -0.1) is 11.3 Å². The van der Waals surface area contributed by atoms with Gasteiger partial charge in [0, 0.05) is 36.2 Å². The quantitative estimate of drug-likeness (QED) is 0.779. The average Bonchev–Trinajstić information content (AvgIpc) is 2.84. The van der Waals surface area contributed by atoms with Crippen LogP contribution in [0.3, 0.4) is 0 Å². The molecule has 0 saturated heterocycles. The summed E-state index contributed by atoms with van der Waals surface area (Å²) in [6.07, 6.45) is 0. The maximum Gasteiger partial charge on any atom is 0.154 e. The van der Waals surface area contributed by atoms with Gasteiger partial charge in [-0.05, 0) is 18.6 Å². The molecule has 0 radical (unpaired) electrons. The second-order valence-electron chi connectivity index (χ2n) is 4.25. The Bertz CT molecular complexity index is 560. The average molecular weight is 329 g/mol. The lowest BCUT2D eigenvalue weighted by molar-refractivity contribution is 0.199. The monoisotopic (exact) mass is 328 g/mol. The number of nitrogens with one attached hydrogen (secondary N) is 1. The van der Waals surface area contributed by atoms with Gasteiger partial charge in [-0.1, -0.05) is 35.5 Å². The second kappa shape index (κ2) is 8.00. The summed E-state index contributed by atoms with van der Waals surface area (Å²) in [5.41, 5.74) is 2.23. The molecule has 3 nitrogen and oxygen atoms in total. The van der Waals surface area contributed by atoms with Crippen LogP contribution in [-0.2, 0) is 11.3 Å². The Morgan fingerprint density at radius 2 is 2.30 bits per heavy atom. The lowest BCUT2D eigenvalue weighted by atomic mass is 10.2. The molecular weight excluding hydrogens is 312 g/mol. The summed E-state index contributed by atoms with van der Waals surface area (Å²) in [5, 5.41) is 6.17. The van der Waals surface area contributed by atoms with Crippen LogP contribution in [0, 0.1) is 6.92 Å². The molecule has 0 atom stereocenters. The zero-order chi connectivity index (χ0) is 14.4. The molecule has 0 fully saturated rings. The van der Waals surface area contributed by atoms with Crippen molar-refractivity contribution in [3.8, 4) is 0 Å². The molecule has 0 amide bonds. The van der Waals surface area contributed by atoms with Crippen LogP contribution in [0.1, 0.15) is 11.3 Å². The molecule has 20 heavy (non-hydrogen) atoms. The summed E-state index contributed by atoms with van der Waals surface area (Å²) in [6, 6.07) is 5.99. The van der Waals surface area contributed by atoms with E-state index in [1.54, 1.807) is 30.2 Å². The van der Waals surface area contributed by atoms with E-state index in [1.165, 1.54) is 5.56 Å². The minimum Gasteiger partial charge on any atom is -0.383 e. The number of nitrogens with zero attached hydrogens (tertiary/aromatic N) is 1. The minimum atomic E-state index is 0.703. The van der Waals surface area contributed by atoms with E-state index in [4.69, 9.17) is 16.3 Å². The molecule has 0 aliphatic heterocycles. The number of rotatable bonds is 7. The summed E-state index contributed by atoms with van der Waals surface area (Å²) in [4.78, 5) is 5.56. The maximum atomic E-state index is 6.33. The van der Waals surface area contributed by atoms with Crippen LogP contribution in [0.5, 0.6) is 0 Å². The van der Waals surface area contributed by atoms with Gasteiger partial charge in [-0.25, -0.2) is 4.98 Å². The van der Waals surface area contributed by atoms with E-state index in [0.29, 0.717) is 6.61 Å². The fraction of sp³-hybridized carbons (Fsp3) is 0.357. The number of halogens is 1. The summed E-state index contributed by atoms with van der Waals surface area (Å²) >= 11 is 9.61. The number of methoxy groups -OCH3 is 1. The Morgan fingerprint density at radius 3 is 3.00 bits per heavy atom. The van der Waals surface area contributed by atoms with Crippen molar-refractivity contribution in [3.63, 3.8) is 0 Å². The maximum absolute atomic E-state index is 6.33. The smallest absolute Gasteiger partial charge is 0.154 e. The summed E-state index contributed by atoms with van der Waals surface area (Å²) in [6.45, 7) is 4.30. The predicted molar refractivity (Wildman–Crippen MR) is 86.0 cm³/mol. The van der Waals surface area contributed by atoms with Crippen LogP contribution in [0.15, 0.2) is 32.8 Å². The van der Waals surface area contributed by atoms with E-state index in [0.717, 1.165) is 33.0 Å². The Morgan fingerprint density at radius 1 is 1.45 bits per heavy atom. The summed E-state index contributed by atoms with van der Waals surface area (Å²) in [5.74, 6) is 0. The van der Waals surface area contributed by atoms with Crippen molar-refractivity contribution in [2.24, 2.45) is 0 Å². The number of hydrogen-bond acceptors (Lipinski definition) is 5. The lowest BCUT2D eigenvalue weighted by Gasteiger charge is -2.10. The van der Waals surface area contributed by atoms with Crippen molar-refractivity contribution in [2.45, 2.75) is 22.7 Å². The van der Waals surface area contributed by atoms with Gasteiger partial charge in [0.15, 0.2) is 4.34 Å². The van der Waals surface area contributed by atoms with Crippen LogP contribution >= 0.6 is 34.7 Å². The first kappa shape index (κ1) is 15.8. The van der Waals surface area contributed by atoms with Crippen LogP contribution in [0.25, 0.3) is 0 Å². The molecule has 0 bridgehead atoms. The molecular formula is C14H17ClN2OS2. The Kier molecular flexibility index (Phi) is 6.32. The third-order valence-corrected chi connectivity index (χ3v) is 5.30. The van der Waals surface area contributed by atoms with Crippen molar-refractivity contribution in [1.29, 1.82) is 0 Å². The molecule has 0 spiro atoms. The summed E-state index contributed by atoms with van der Waals surface area (Å²) in [7, 11) is 1.70. The second-order valence-corrected chi connectivity index (χ2v) is 6.78. The molecule has 1 aromatic heterocycles. The van der Waals surface area contributed by atoms with Gasteiger partial charge in [0.2, 0.25) is 0 Å². The minimum absolute atomic E-state index is 0.703. The van der Waals surface area contributed by atoms with E-state index in [9.17, 15) is 0 Å². The highest BCUT2D eigenvalue weighted by Gasteiger charge is 2.10. The van der Waals surface area contributed by atoms with Crippen LogP contribution in [-0.4, -0.2) is 25.2 Å². The van der Waals surface area contributed by atoms with Crippen molar-refractivity contribution in [3.05, 3.63) is 39.9 Å². The number of hydrogen-bond donors (Lipinski definition) is 1. The number of aromatic nitrogens is 1. The zero-order valence-corrected chi connectivity index (χ0v) is 13.9. The molecule has 2 rings (SSSR count). The van der Waals surface area contributed by atoms with Crippen LogP contribution in [0.4, 0.5) is 0 Å². The van der Waals surface area contributed by atoms with Crippen LogP contribution in [0.2, 0.25) is 5.02 Å². The molecule has 0 saturated carbocycles. The predicted octanol–water partition coefficient (Wildman–Crippen LogP) is 3.99. The van der Waals surface area contributed by atoms with E-state index in [-0.39, 0.29) is 0 Å². The van der Waals surface area contributed by atoms with E-state index >= 15 is 0 Å². The van der Waals surface area contributed by atoms with Gasteiger partial charge in [0.25, 0.3) is 0 Å². The fourth-order valence-electron chi connectivity index (χ4n) is 1.67. The largest absolute Gasteiger partial charge is 0.383 e. The first-order valence-electron chi connectivity index (χ1n) is 6.27. The third kappa shape index (κ3) is 4.46. The lowest BCUT2D eigenvalue weighted by Crippen LogP contribution is -2.18. The number of benzene rings is 1. The molecule has 0 unspecified atom stereocenters. The highest BCUT2D eigenvalue weighted by atomic mass is 35.5. The van der Waals surface area contributed by atoms with Gasteiger partial charge in [0.05, 0.1) is 11.6 Å². The normalized spacial score (nSPS) is 10.9. The Hall–Kier alpha value is -0.590. The first-order chi connectivity index (χ1) is 9.70. The first-order valence-corrected chi connectivity index (χ1v) is 8.35. The molecule has 1 aromatic carbocycles. The third-order valence-electron chi connectivity index (χ3n) is 2.63. The van der Waals surface area contributed by atoms with Gasteiger partial charge in [0.1, 0.15) is 0 Å². The zero-order valence-electron chi connectivity index (χ0n) is 11.5. The number of aryl methyl sites for hydroxylation is 1. The van der Waals surface area contributed by atoms with E-state index in [2.05, 4.69) is 21.7 Å². The van der Waals surface area contributed by atoms with E-state index in [1.807, 2.05) is 19.1 Å². The van der Waals surface area contributed by atoms with Crippen molar-refractivity contribution in [2.75, 3.05) is 20.3 Å². The fourth-order valence-corrected chi connectivity index (χ4v) is 3.89. The molecule has 0 aliphatic carbocycles. The van der Waals surface area contributed by atoms with Crippen LogP contribution < -0.4 is 5.32 Å². The highest BCUT2D eigenvalue weighted by molar-refractivity contribution is 8.01. The van der Waals surface area contributed by atoms with Crippen molar-refractivity contribution >= 4 is 34.7 Å². The van der Waals surface area contributed by atoms with Crippen molar-refractivity contribution in [1.82, 2.24) is 10.3 Å². The number of ether oxygens (including phenoxy) is 1. The topological polar surface area (TPSA) is 34.1 Å². The molecule has 108 valence electrons. The summed E-state index contributed by atoms with van der Waals surface area (Å²) < 4.78 is 6.05. The Labute approximate surface area is 132 Å². The SMILES string of the molecule is COCCNCc1cccc(Cl)c1Sc1nc(C)cs1. The van der Waals surface area contributed by atoms with E-state index < -0.39 is 0 Å². The molecule has 6 heteroatoms. The molecule has 0 aliphatic rings. The van der Waals surface area contributed by atoms with Gasteiger partial charge < -0.3 is 10.1 Å². The van der Waals surface area contributed by atoms with Crippen molar-refractivity contribution < 1.29 is 4.74 Å². The molecule has 1 N–H and O–H groups in total. The molecule has 1 heterocycles. The highest BCUT2D eigenvalue weighted by Crippen LogP contribution is 2.37. The van der Waals surface area contributed by atoms with Gasteiger partial charge in [-0.2, -0.15) is 0 Å². The Balaban J connectivity index is 2.09. The molecule has 2 aromatic rings. The van der Waals surface area contributed by atoms with Gasteiger partial charge >= 0.3 is 0 Å². The van der Waals surface area contributed by atoms with Gasteiger partial charge in [-0.3, -0.25) is 0 Å².